The first-order valence-corrected chi connectivity index (χ1v) is 10.6. The Balaban J connectivity index is 1.57. The molecule has 2 aromatic heterocycles. The van der Waals surface area contributed by atoms with Crippen LogP contribution in [0.1, 0.15) is 0 Å². The fraction of sp³-hybridized carbons (Fsp3) is 0.0476. The maximum absolute atomic E-state index is 12.4. The molecular weight excluding hydrogens is 441 g/mol. The molecule has 1 N–H and O–H groups in total. The highest BCUT2D eigenvalue weighted by Crippen LogP contribution is 2.28. The van der Waals surface area contributed by atoms with E-state index < -0.39 is 0 Å². The van der Waals surface area contributed by atoms with Gasteiger partial charge in [0, 0.05) is 39.4 Å². The summed E-state index contributed by atoms with van der Waals surface area (Å²) in [4.78, 5) is 16.5. The Kier molecular flexibility index (Phi) is 6.32. The third-order valence-electron chi connectivity index (χ3n) is 4.06. The molecule has 6 nitrogen and oxygen atoms in total. The van der Waals surface area contributed by atoms with Crippen molar-refractivity contribution in [3.05, 3.63) is 83.1 Å². The zero-order chi connectivity index (χ0) is 20.9. The molecule has 0 fully saturated rings. The summed E-state index contributed by atoms with van der Waals surface area (Å²) < 4.78 is 1.92. The Bertz CT molecular complexity index is 1150. The van der Waals surface area contributed by atoms with Crippen molar-refractivity contribution in [3.63, 3.8) is 0 Å². The Morgan fingerprint density at radius 1 is 0.967 bits per heavy atom. The van der Waals surface area contributed by atoms with Gasteiger partial charge in [-0.25, -0.2) is 0 Å². The largest absolute Gasteiger partial charge is 0.325 e. The summed E-state index contributed by atoms with van der Waals surface area (Å²) in [5.74, 6) is 0.616. The molecule has 0 aliphatic carbocycles. The lowest BCUT2D eigenvalue weighted by atomic mass is 10.2. The van der Waals surface area contributed by atoms with Crippen LogP contribution < -0.4 is 5.32 Å². The molecule has 1 amide bonds. The number of anilines is 1. The first kappa shape index (κ1) is 20.4. The Labute approximate surface area is 187 Å². The topological polar surface area (TPSA) is 72.7 Å². The van der Waals surface area contributed by atoms with Gasteiger partial charge in [-0.2, -0.15) is 0 Å². The fourth-order valence-electron chi connectivity index (χ4n) is 2.81. The molecule has 0 spiro atoms. The standard InChI is InChI=1S/C21H15Cl2N5OS/c22-15-10-16(23)12-17(11-15)25-19(29)13-30-21-27-26-20(14-6-8-24-9-7-14)28(21)18-4-2-1-3-5-18/h1-12H,13H2,(H,25,29). The summed E-state index contributed by atoms with van der Waals surface area (Å²) in [6, 6.07) is 18.4. The number of pyridine rings is 1. The van der Waals surface area contributed by atoms with Gasteiger partial charge in [0.1, 0.15) is 0 Å². The minimum atomic E-state index is -0.202. The number of nitrogens with one attached hydrogen (secondary N) is 1. The number of benzene rings is 2. The predicted octanol–water partition coefficient (Wildman–Crippen LogP) is 5.37. The van der Waals surface area contributed by atoms with Gasteiger partial charge in [0.25, 0.3) is 0 Å². The number of nitrogens with zero attached hydrogens (tertiary/aromatic N) is 4. The van der Waals surface area contributed by atoms with Gasteiger partial charge in [-0.3, -0.25) is 14.3 Å². The lowest BCUT2D eigenvalue weighted by Crippen LogP contribution is -2.14. The van der Waals surface area contributed by atoms with E-state index in [2.05, 4.69) is 20.5 Å². The van der Waals surface area contributed by atoms with E-state index in [0.29, 0.717) is 26.7 Å². The van der Waals surface area contributed by atoms with Crippen molar-refractivity contribution in [1.82, 2.24) is 19.7 Å². The van der Waals surface area contributed by atoms with E-state index in [1.54, 1.807) is 30.6 Å². The zero-order valence-corrected chi connectivity index (χ0v) is 17.8. The van der Waals surface area contributed by atoms with Crippen molar-refractivity contribution < 1.29 is 4.79 Å². The number of thioether (sulfide) groups is 1. The Morgan fingerprint density at radius 3 is 2.37 bits per heavy atom. The molecule has 0 atom stereocenters. The van der Waals surface area contributed by atoms with Crippen molar-refractivity contribution in [2.24, 2.45) is 0 Å². The van der Waals surface area contributed by atoms with Crippen molar-refractivity contribution >= 4 is 46.6 Å². The zero-order valence-electron chi connectivity index (χ0n) is 15.5. The molecule has 0 saturated heterocycles. The second kappa shape index (κ2) is 9.30. The van der Waals surface area contributed by atoms with Crippen LogP contribution in [-0.2, 0) is 4.79 Å². The van der Waals surface area contributed by atoms with E-state index in [-0.39, 0.29) is 11.7 Å². The van der Waals surface area contributed by atoms with Crippen LogP contribution in [0.3, 0.4) is 0 Å². The van der Waals surface area contributed by atoms with E-state index in [1.807, 2.05) is 47.0 Å². The average Bonchev–Trinajstić information content (AvgIpc) is 3.17. The molecule has 0 bridgehead atoms. The molecule has 4 rings (SSSR count). The summed E-state index contributed by atoms with van der Waals surface area (Å²) in [6.45, 7) is 0. The summed E-state index contributed by atoms with van der Waals surface area (Å²) in [5.41, 5.74) is 2.32. The molecule has 2 heterocycles. The van der Waals surface area contributed by atoms with Crippen LogP contribution >= 0.6 is 35.0 Å². The van der Waals surface area contributed by atoms with Crippen molar-refractivity contribution in [2.45, 2.75) is 5.16 Å². The van der Waals surface area contributed by atoms with Crippen LogP contribution in [0.4, 0.5) is 5.69 Å². The monoisotopic (exact) mass is 455 g/mol. The van der Waals surface area contributed by atoms with Gasteiger partial charge in [-0.05, 0) is 42.5 Å². The van der Waals surface area contributed by atoms with Crippen LogP contribution in [0.15, 0.2) is 78.2 Å². The number of halogens is 2. The minimum absolute atomic E-state index is 0.144. The molecule has 0 unspecified atom stereocenters. The molecule has 0 radical (unpaired) electrons. The quantitative estimate of drug-likeness (QED) is 0.395. The summed E-state index contributed by atoms with van der Waals surface area (Å²) in [7, 11) is 0. The SMILES string of the molecule is O=C(CSc1nnc(-c2ccncc2)n1-c1ccccc1)Nc1cc(Cl)cc(Cl)c1. The third-order valence-corrected chi connectivity index (χ3v) is 5.43. The van der Waals surface area contributed by atoms with E-state index in [4.69, 9.17) is 23.2 Å². The Hall–Kier alpha value is -2.87. The first-order chi connectivity index (χ1) is 14.6. The Morgan fingerprint density at radius 2 is 1.67 bits per heavy atom. The van der Waals surface area contributed by atoms with Crippen LogP contribution in [0.5, 0.6) is 0 Å². The number of amides is 1. The number of rotatable bonds is 6. The smallest absolute Gasteiger partial charge is 0.234 e. The van der Waals surface area contributed by atoms with E-state index in [1.165, 1.54) is 11.8 Å². The summed E-state index contributed by atoms with van der Waals surface area (Å²) in [5, 5.41) is 13.0. The highest BCUT2D eigenvalue weighted by molar-refractivity contribution is 7.99. The maximum atomic E-state index is 12.4. The van der Waals surface area contributed by atoms with Crippen molar-refractivity contribution in [3.8, 4) is 17.1 Å². The minimum Gasteiger partial charge on any atom is -0.325 e. The van der Waals surface area contributed by atoms with E-state index in [0.717, 1.165) is 11.3 Å². The highest BCUT2D eigenvalue weighted by atomic mass is 35.5. The number of hydrogen-bond acceptors (Lipinski definition) is 5. The van der Waals surface area contributed by atoms with Gasteiger partial charge < -0.3 is 5.32 Å². The van der Waals surface area contributed by atoms with Gasteiger partial charge in [0.05, 0.1) is 5.75 Å². The van der Waals surface area contributed by atoms with E-state index in [9.17, 15) is 4.79 Å². The third kappa shape index (κ3) is 4.81. The normalized spacial score (nSPS) is 10.7. The van der Waals surface area contributed by atoms with Crippen LogP contribution in [0.2, 0.25) is 10.0 Å². The van der Waals surface area contributed by atoms with Gasteiger partial charge in [-0.1, -0.05) is 53.2 Å². The molecular formula is C21H15Cl2N5OS. The molecule has 4 aromatic rings. The van der Waals surface area contributed by atoms with E-state index >= 15 is 0 Å². The van der Waals surface area contributed by atoms with Gasteiger partial charge in [0.15, 0.2) is 11.0 Å². The van der Waals surface area contributed by atoms with Gasteiger partial charge in [0.2, 0.25) is 5.91 Å². The predicted molar refractivity (Wildman–Crippen MR) is 120 cm³/mol. The van der Waals surface area contributed by atoms with Crippen molar-refractivity contribution in [1.29, 1.82) is 0 Å². The molecule has 0 saturated carbocycles. The molecule has 0 aliphatic heterocycles. The number of hydrogen-bond donors (Lipinski definition) is 1. The number of para-hydroxylation sites is 1. The van der Waals surface area contributed by atoms with Crippen LogP contribution in [0, 0.1) is 0 Å². The number of aromatic nitrogens is 4. The number of carbonyl (C=O) groups excluding carboxylic acids is 1. The molecule has 150 valence electrons. The van der Waals surface area contributed by atoms with Crippen LogP contribution in [-0.4, -0.2) is 31.4 Å². The van der Waals surface area contributed by atoms with Crippen molar-refractivity contribution in [2.75, 3.05) is 11.1 Å². The number of carbonyl (C=O) groups is 1. The lowest BCUT2D eigenvalue weighted by molar-refractivity contribution is -0.113. The van der Waals surface area contributed by atoms with Gasteiger partial charge in [-0.15, -0.1) is 10.2 Å². The molecule has 9 heteroatoms. The molecule has 2 aromatic carbocycles. The summed E-state index contributed by atoms with van der Waals surface area (Å²) in [6.07, 6.45) is 3.41. The summed E-state index contributed by atoms with van der Waals surface area (Å²) >= 11 is 13.3. The second-order valence-corrected chi connectivity index (χ2v) is 8.02. The molecule has 30 heavy (non-hydrogen) atoms. The highest BCUT2D eigenvalue weighted by Gasteiger charge is 2.17. The fourth-order valence-corrected chi connectivity index (χ4v) is 4.09. The maximum Gasteiger partial charge on any atom is 0.234 e. The van der Waals surface area contributed by atoms with Gasteiger partial charge >= 0.3 is 0 Å². The average molecular weight is 456 g/mol. The van der Waals surface area contributed by atoms with Crippen LogP contribution in [0.25, 0.3) is 17.1 Å². The second-order valence-electron chi connectivity index (χ2n) is 6.21. The lowest BCUT2D eigenvalue weighted by Gasteiger charge is -2.10. The first-order valence-electron chi connectivity index (χ1n) is 8.90. The molecule has 0 aliphatic rings.